The van der Waals surface area contributed by atoms with Crippen molar-refractivity contribution >= 4 is 17.7 Å². The first-order chi connectivity index (χ1) is 9.46. The van der Waals surface area contributed by atoms with Gasteiger partial charge in [-0.25, -0.2) is 0 Å². The van der Waals surface area contributed by atoms with E-state index in [9.17, 15) is 18.0 Å². The van der Waals surface area contributed by atoms with Gasteiger partial charge in [0.05, 0.1) is 18.1 Å². The van der Waals surface area contributed by atoms with Crippen molar-refractivity contribution in [2.24, 2.45) is 0 Å². The molecule has 106 valence electrons. The fourth-order valence-corrected chi connectivity index (χ4v) is 2.21. The lowest BCUT2D eigenvalue weighted by Gasteiger charge is -2.10. The van der Waals surface area contributed by atoms with Gasteiger partial charge in [-0.15, -0.1) is 0 Å². The predicted molar refractivity (Wildman–Crippen MR) is 68.2 cm³/mol. The second kappa shape index (κ2) is 6.04. The third-order valence-electron chi connectivity index (χ3n) is 2.39. The lowest BCUT2D eigenvalue weighted by atomic mass is 10.2. The Morgan fingerprint density at radius 3 is 2.65 bits per heavy atom. The molecule has 2 aromatic rings. The van der Waals surface area contributed by atoms with Crippen LogP contribution in [0.25, 0.3) is 0 Å². The molecule has 0 spiro atoms. The van der Waals surface area contributed by atoms with E-state index in [0.29, 0.717) is 0 Å². The number of thioether (sulfide) groups is 1. The lowest BCUT2D eigenvalue weighted by Crippen LogP contribution is -2.23. The van der Waals surface area contributed by atoms with Crippen LogP contribution in [0.15, 0.2) is 52.2 Å². The van der Waals surface area contributed by atoms with Gasteiger partial charge in [0.2, 0.25) is 0 Å². The van der Waals surface area contributed by atoms with E-state index in [1.165, 1.54) is 36.8 Å². The third kappa shape index (κ3) is 4.06. The highest BCUT2D eigenvalue weighted by Crippen LogP contribution is 2.38. The average molecular weight is 301 g/mol. The summed E-state index contributed by atoms with van der Waals surface area (Å²) in [6.45, 7) is 0.195. The molecule has 1 aromatic carbocycles. The SMILES string of the molecule is O=C(NCc1ccoc1)c1ccccc1SC(F)(F)F. The molecule has 0 aliphatic heterocycles. The largest absolute Gasteiger partial charge is 0.472 e. The van der Waals surface area contributed by atoms with Gasteiger partial charge in [0.15, 0.2) is 0 Å². The molecule has 2 rings (SSSR count). The van der Waals surface area contributed by atoms with Crippen LogP contribution < -0.4 is 5.32 Å². The summed E-state index contributed by atoms with van der Waals surface area (Å²) in [5.74, 6) is -0.557. The number of carbonyl (C=O) groups is 1. The quantitative estimate of drug-likeness (QED) is 0.873. The van der Waals surface area contributed by atoms with E-state index in [0.717, 1.165) is 5.56 Å². The summed E-state index contributed by atoms with van der Waals surface area (Å²) in [4.78, 5) is 11.8. The predicted octanol–water partition coefficient (Wildman–Crippen LogP) is 3.82. The Morgan fingerprint density at radius 2 is 2.00 bits per heavy atom. The highest BCUT2D eigenvalue weighted by Gasteiger charge is 2.31. The van der Waals surface area contributed by atoms with Gasteiger partial charge < -0.3 is 9.73 Å². The number of rotatable bonds is 4. The first kappa shape index (κ1) is 14.5. The molecule has 1 aromatic heterocycles. The van der Waals surface area contributed by atoms with E-state index >= 15 is 0 Å². The van der Waals surface area contributed by atoms with Crippen molar-refractivity contribution in [1.82, 2.24) is 5.32 Å². The van der Waals surface area contributed by atoms with Crippen molar-refractivity contribution in [1.29, 1.82) is 0 Å². The molecule has 0 atom stereocenters. The van der Waals surface area contributed by atoms with Crippen LogP contribution in [0.5, 0.6) is 0 Å². The van der Waals surface area contributed by atoms with Crippen LogP contribution in [-0.2, 0) is 6.54 Å². The first-order valence-electron chi connectivity index (χ1n) is 5.60. The number of hydrogen-bond donors (Lipinski definition) is 1. The highest BCUT2D eigenvalue weighted by atomic mass is 32.2. The summed E-state index contributed by atoms with van der Waals surface area (Å²) in [5, 5.41) is 2.55. The van der Waals surface area contributed by atoms with Crippen LogP contribution in [-0.4, -0.2) is 11.4 Å². The van der Waals surface area contributed by atoms with Crippen LogP contribution >= 0.6 is 11.8 Å². The Kier molecular flexibility index (Phi) is 4.39. The zero-order valence-electron chi connectivity index (χ0n) is 10.1. The summed E-state index contributed by atoms with van der Waals surface area (Å²) < 4.78 is 42.1. The molecule has 0 saturated carbocycles. The molecule has 0 aliphatic carbocycles. The van der Waals surface area contributed by atoms with Crippen molar-refractivity contribution in [3.8, 4) is 0 Å². The molecule has 1 N–H and O–H groups in total. The summed E-state index contributed by atoms with van der Waals surface area (Å²) in [6.07, 6.45) is 2.91. The molecule has 7 heteroatoms. The number of carbonyl (C=O) groups excluding carboxylic acids is 1. The van der Waals surface area contributed by atoms with Gasteiger partial charge in [-0.3, -0.25) is 4.79 Å². The van der Waals surface area contributed by atoms with Crippen LogP contribution in [0.1, 0.15) is 15.9 Å². The van der Waals surface area contributed by atoms with E-state index in [1.54, 1.807) is 6.07 Å². The molecule has 3 nitrogen and oxygen atoms in total. The number of nitrogens with one attached hydrogen (secondary N) is 1. The van der Waals surface area contributed by atoms with Crippen LogP contribution in [0.2, 0.25) is 0 Å². The number of halogens is 3. The van der Waals surface area contributed by atoms with E-state index in [1.807, 2.05) is 0 Å². The molecule has 0 unspecified atom stereocenters. The van der Waals surface area contributed by atoms with E-state index < -0.39 is 11.4 Å². The van der Waals surface area contributed by atoms with Crippen LogP contribution in [0, 0.1) is 0 Å². The maximum Gasteiger partial charge on any atom is 0.446 e. The standard InChI is InChI=1S/C13H10F3NO2S/c14-13(15,16)20-11-4-2-1-3-10(11)12(18)17-7-9-5-6-19-8-9/h1-6,8H,7H2,(H,17,18). The van der Waals surface area contributed by atoms with Crippen LogP contribution in [0.4, 0.5) is 13.2 Å². The Morgan fingerprint density at radius 1 is 1.25 bits per heavy atom. The first-order valence-corrected chi connectivity index (χ1v) is 6.41. The molecule has 0 aliphatic rings. The maximum absolute atomic E-state index is 12.4. The Labute approximate surface area is 117 Å². The summed E-state index contributed by atoms with van der Waals surface area (Å²) in [6, 6.07) is 7.27. The summed E-state index contributed by atoms with van der Waals surface area (Å²) in [7, 11) is 0. The minimum atomic E-state index is -4.43. The normalized spacial score (nSPS) is 11.3. The molecule has 1 amide bonds. The van der Waals surface area contributed by atoms with E-state index in [-0.39, 0.29) is 28.8 Å². The summed E-state index contributed by atoms with van der Waals surface area (Å²) >= 11 is -0.300. The molecular formula is C13H10F3NO2S. The van der Waals surface area contributed by atoms with E-state index in [2.05, 4.69) is 5.32 Å². The number of amides is 1. The molecule has 0 fully saturated rings. The molecule has 0 saturated heterocycles. The Hall–Kier alpha value is -1.89. The molecule has 0 bridgehead atoms. The lowest BCUT2D eigenvalue weighted by molar-refractivity contribution is -0.0328. The van der Waals surface area contributed by atoms with Crippen LogP contribution in [0.3, 0.4) is 0 Å². The van der Waals surface area contributed by atoms with Gasteiger partial charge in [0, 0.05) is 17.0 Å². The fraction of sp³-hybridized carbons (Fsp3) is 0.154. The minimum Gasteiger partial charge on any atom is -0.472 e. The van der Waals surface area contributed by atoms with Crippen molar-refractivity contribution in [3.05, 3.63) is 54.0 Å². The third-order valence-corrected chi connectivity index (χ3v) is 3.20. The molecule has 20 heavy (non-hydrogen) atoms. The highest BCUT2D eigenvalue weighted by molar-refractivity contribution is 8.00. The molecule has 0 radical (unpaired) electrons. The Bertz CT molecular complexity index is 582. The van der Waals surface area contributed by atoms with E-state index in [4.69, 9.17) is 4.42 Å². The number of benzene rings is 1. The van der Waals surface area contributed by atoms with Crippen molar-refractivity contribution in [2.45, 2.75) is 16.9 Å². The average Bonchev–Trinajstić information content (AvgIpc) is 2.88. The van der Waals surface area contributed by atoms with Crippen molar-refractivity contribution in [3.63, 3.8) is 0 Å². The van der Waals surface area contributed by atoms with Gasteiger partial charge in [0.25, 0.3) is 5.91 Å². The van der Waals surface area contributed by atoms with Gasteiger partial charge in [-0.1, -0.05) is 12.1 Å². The fourth-order valence-electron chi connectivity index (χ4n) is 1.54. The maximum atomic E-state index is 12.4. The number of hydrogen-bond acceptors (Lipinski definition) is 3. The zero-order chi connectivity index (χ0) is 14.6. The van der Waals surface area contributed by atoms with Gasteiger partial charge >= 0.3 is 5.51 Å². The van der Waals surface area contributed by atoms with Crippen molar-refractivity contribution < 1.29 is 22.4 Å². The van der Waals surface area contributed by atoms with Crippen molar-refractivity contribution in [2.75, 3.05) is 0 Å². The second-order valence-corrected chi connectivity index (χ2v) is 4.97. The molecular weight excluding hydrogens is 291 g/mol. The minimum absolute atomic E-state index is 0.00156. The topological polar surface area (TPSA) is 42.2 Å². The second-order valence-electron chi connectivity index (χ2n) is 3.86. The molecule has 1 heterocycles. The van der Waals surface area contributed by atoms with Gasteiger partial charge in [-0.2, -0.15) is 13.2 Å². The smallest absolute Gasteiger partial charge is 0.446 e. The summed E-state index contributed by atoms with van der Waals surface area (Å²) in [5.41, 5.74) is -3.70. The van der Waals surface area contributed by atoms with Gasteiger partial charge in [-0.05, 0) is 30.0 Å². The number of alkyl halides is 3. The monoisotopic (exact) mass is 301 g/mol. The Balaban J connectivity index is 2.09. The van der Waals surface area contributed by atoms with Gasteiger partial charge in [0.1, 0.15) is 0 Å². The zero-order valence-corrected chi connectivity index (χ0v) is 10.9. The number of furan rings is 1.